The van der Waals surface area contributed by atoms with Crippen LogP contribution in [0.1, 0.15) is 11.1 Å². The van der Waals surface area contributed by atoms with Gasteiger partial charge in [-0.1, -0.05) is 40.9 Å². The van der Waals surface area contributed by atoms with Gasteiger partial charge in [0.25, 0.3) is 0 Å². The van der Waals surface area contributed by atoms with Crippen LogP contribution in [0.2, 0.25) is 10.0 Å². The van der Waals surface area contributed by atoms with Crippen LogP contribution < -0.4 is 10.8 Å². The molecular weight excluding hydrogens is 422 g/mol. The monoisotopic (exact) mass is 436 g/mol. The van der Waals surface area contributed by atoms with E-state index in [4.69, 9.17) is 23.2 Å². The minimum atomic E-state index is -4.64. The lowest BCUT2D eigenvalue weighted by Gasteiger charge is -2.14. The Morgan fingerprint density at radius 2 is 1.82 bits per heavy atom. The number of imidazole rings is 1. The van der Waals surface area contributed by atoms with Crippen LogP contribution in [0.15, 0.2) is 36.7 Å². The van der Waals surface area contributed by atoms with Crippen LogP contribution in [-0.2, 0) is 4.57 Å². The van der Waals surface area contributed by atoms with Crippen LogP contribution in [0.4, 0.5) is 11.5 Å². The molecular formula is C18H15Cl2N4O3P. The van der Waals surface area contributed by atoms with Crippen molar-refractivity contribution in [2.75, 3.05) is 5.32 Å². The summed E-state index contributed by atoms with van der Waals surface area (Å²) in [5, 5.41) is 3.81. The first kappa shape index (κ1) is 19.2. The quantitative estimate of drug-likeness (QED) is 0.412. The average Bonchev–Trinajstić information content (AvgIpc) is 3.05. The third-order valence-electron chi connectivity index (χ3n) is 4.39. The second-order valence-electron chi connectivity index (χ2n) is 6.49. The maximum Gasteiger partial charge on any atom is 0.376 e. The molecule has 0 aliphatic carbocycles. The lowest BCUT2D eigenvalue weighted by molar-refractivity contribution is 0.386. The second-order valence-corrected chi connectivity index (χ2v) is 8.82. The predicted molar refractivity (Wildman–Crippen MR) is 111 cm³/mol. The predicted octanol–water partition coefficient (Wildman–Crippen LogP) is 4.35. The average molecular weight is 437 g/mol. The highest BCUT2D eigenvalue weighted by Gasteiger charge is 2.27. The summed E-state index contributed by atoms with van der Waals surface area (Å²) in [5.74, 6) is 0.258. The van der Waals surface area contributed by atoms with E-state index >= 15 is 0 Å². The number of hydrogen-bond donors (Lipinski definition) is 3. The molecule has 0 saturated carbocycles. The maximum absolute atomic E-state index is 12.0. The molecule has 28 heavy (non-hydrogen) atoms. The van der Waals surface area contributed by atoms with Crippen molar-refractivity contribution in [1.82, 2.24) is 14.4 Å². The zero-order valence-corrected chi connectivity index (χ0v) is 17.2. The van der Waals surface area contributed by atoms with E-state index in [0.29, 0.717) is 21.1 Å². The van der Waals surface area contributed by atoms with E-state index in [1.807, 2.05) is 32.0 Å². The molecule has 4 rings (SSSR count). The molecule has 0 atom stereocenters. The number of fused-ring (bicyclic) bond motifs is 3. The molecule has 0 spiro atoms. The number of nitrogens with one attached hydrogen (secondary N) is 1. The van der Waals surface area contributed by atoms with Gasteiger partial charge in [-0.3, -0.25) is 8.97 Å². The fraction of sp³-hybridized carbons (Fsp3) is 0.111. The Hall–Kier alpha value is -2.15. The SMILES string of the molecule is Cc1ccc(Nc2nc3cc(Cl)c(Cl)cc3n3cnc(P(=O)(O)O)c23)c(C)c1. The Morgan fingerprint density at radius 3 is 2.50 bits per heavy atom. The van der Waals surface area contributed by atoms with Gasteiger partial charge in [-0.2, -0.15) is 0 Å². The van der Waals surface area contributed by atoms with E-state index < -0.39 is 7.60 Å². The molecule has 0 aliphatic heterocycles. The lowest BCUT2D eigenvalue weighted by Crippen LogP contribution is -2.10. The number of aryl methyl sites for hydroxylation is 2. The van der Waals surface area contributed by atoms with Crippen LogP contribution in [0, 0.1) is 13.8 Å². The van der Waals surface area contributed by atoms with Crippen molar-refractivity contribution in [3.05, 3.63) is 57.8 Å². The molecule has 2 aromatic carbocycles. The fourth-order valence-electron chi connectivity index (χ4n) is 3.11. The molecule has 10 heteroatoms. The van der Waals surface area contributed by atoms with Crippen molar-refractivity contribution >= 4 is 64.3 Å². The first-order valence-corrected chi connectivity index (χ1v) is 10.6. The summed E-state index contributed by atoms with van der Waals surface area (Å²) >= 11 is 12.3. The Kier molecular flexibility index (Phi) is 4.61. The summed E-state index contributed by atoms with van der Waals surface area (Å²) in [4.78, 5) is 28.0. The Bertz CT molecular complexity index is 1300. The van der Waals surface area contributed by atoms with Crippen molar-refractivity contribution in [3.63, 3.8) is 0 Å². The topological polar surface area (TPSA) is 99.8 Å². The maximum atomic E-state index is 12.0. The summed E-state index contributed by atoms with van der Waals surface area (Å²) in [6.07, 6.45) is 1.34. The second kappa shape index (κ2) is 6.72. The summed E-state index contributed by atoms with van der Waals surface area (Å²) in [7, 11) is -4.64. The Balaban J connectivity index is 2.05. The highest BCUT2D eigenvalue weighted by Crippen LogP contribution is 2.38. The molecule has 0 amide bonds. The van der Waals surface area contributed by atoms with E-state index in [-0.39, 0.29) is 16.8 Å². The van der Waals surface area contributed by atoms with E-state index in [0.717, 1.165) is 16.8 Å². The van der Waals surface area contributed by atoms with E-state index in [1.165, 1.54) is 6.33 Å². The van der Waals surface area contributed by atoms with Crippen molar-refractivity contribution in [2.45, 2.75) is 13.8 Å². The molecule has 0 unspecified atom stereocenters. The summed E-state index contributed by atoms with van der Waals surface area (Å²) in [6.45, 7) is 3.92. The van der Waals surface area contributed by atoms with E-state index in [2.05, 4.69) is 15.3 Å². The fourth-order valence-corrected chi connectivity index (χ4v) is 4.11. The van der Waals surface area contributed by atoms with Gasteiger partial charge in [0.05, 0.1) is 21.1 Å². The molecule has 2 heterocycles. The van der Waals surface area contributed by atoms with Gasteiger partial charge in [0.2, 0.25) is 0 Å². The van der Waals surface area contributed by atoms with Gasteiger partial charge in [-0.25, -0.2) is 9.97 Å². The molecule has 4 aromatic rings. The highest BCUT2D eigenvalue weighted by molar-refractivity contribution is 7.60. The zero-order chi connectivity index (χ0) is 20.2. The molecule has 0 fully saturated rings. The first-order chi connectivity index (χ1) is 13.1. The van der Waals surface area contributed by atoms with Gasteiger partial charge in [0, 0.05) is 5.69 Å². The van der Waals surface area contributed by atoms with Crippen molar-refractivity contribution < 1.29 is 14.4 Å². The van der Waals surface area contributed by atoms with Gasteiger partial charge < -0.3 is 15.1 Å². The highest BCUT2D eigenvalue weighted by atomic mass is 35.5. The van der Waals surface area contributed by atoms with E-state index in [1.54, 1.807) is 16.5 Å². The van der Waals surface area contributed by atoms with Crippen molar-refractivity contribution in [3.8, 4) is 0 Å². The molecule has 7 nitrogen and oxygen atoms in total. The van der Waals surface area contributed by atoms with Crippen LogP contribution in [0.25, 0.3) is 16.6 Å². The number of benzene rings is 2. The first-order valence-electron chi connectivity index (χ1n) is 8.21. The summed E-state index contributed by atoms with van der Waals surface area (Å²) in [5.41, 5.74) is 3.68. The third kappa shape index (κ3) is 3.26. The molecule has 0 saturated heterocycles. The number of aromatic nitrogens is 3. The molecule has 3 N–H and O–H groups in total. The van der Waals surface area contributed by atoms with Crippen molar-refractivity contribution in [2.24, 2.45) is 0 Å². The molecule has 0 bridgehead atoms. The minimum Gasteiger partial charge on any atom is -0.338 e. The molecule has 0 aliphatic rings. The largest absolute Gasteiger partial charge is 0.376 e. The molecule has 2 aromatic heterocycles. The lowest BCUT2D eigenvalue weighted by atomic mass is 10.1. The Morgan fingerprint density at radius 1 is 1.11 bits per heavy atom. The van der Waals surface area contributed by atoms with Gasteiger partial charge in [-0.15, -0.1) is 0 Å². The summed E-state index contributed by atoms with van der Waals surface area (Å²) in [6, 6.07) is 9.01. The number of halogens is 2. The number of nitrogens with zero attached hydrogens (tertiary/aromatic N) is 3. The normalized spacial score (nSPS) is 12.1. The van der Waals surface area contributed by atoms with Gasteiger partial charge in [0.15, 0.2) is 11.3 Å². The summed E-state index contributed by atoms with van der Waals surface area (Å²) < 4.78 is 13.5. The van der Waals surface area contributed by atoms with Crippen LogP contribution in [0.5, 0.6) is 0 Å². The molecule has 144 valence electrons. The molecule has 0 radical (unpaired) electrons. The van der Waals surface area contributed by atoms with Crippen molar-refractivity contribution in [1.29, 1.82) is 0 Å². The van der Waals surface area contributed by atoms with Crippen LogP contribution >= 0.6 is 30.8 Å². The van der Waals surface area contributed by atoms with E-state index in [9.17, 15) is 14.4 Å². The van der Waals surface area contributed by atoms with Crippen LogP contribution in [0.3, 0.4) is 0 Å². The van der Waals surface area contributed by atoms with Gasteiger partial charge in [-0.05, 0) is 37.6 Å². The Labute approximate surface area is 170 Å². The minimum absolute atomic E-state index is 0.180. The standard InChI is InChI=1S/C18H15Cl2N4O3P/c1-9-3-4-13(10(2)5-9)22-17-16-18(28(25,26)27)21-8-24(16)15-7-12(20)11(19)6-14(15)23-17/h3-8H,1-2H3,(H,22,23)(H2,25,26,27). The third-order valence-corrected chi connectivity index (χ3v) is 5.99. The van der Waals surface area contributed by atoms with Gasteiger partial charge >= 0.3 is 7.60 Å². The number of rotatable bonds is 3. The zero-order valence-electron chi connectivity index (χ0n) is 14.8. The number of anilines is 2. The van der Waals surface area contributed by atoms with Gasteiger partial charge in [0.1, 0.15) is 11.8 Å². The number of hydrogen-bond acceptors (Lipinski definition) is 4. The smallest absolute Gasteiger partial charge is 0.338 e. The van der Waals surface area contributed by atoms with Crippen LogP contribution in [-0.4, -0.2) is 24.2 Å².